The van der Waals surface area contributed by atoms with Crippen LogP contribution in [-0.2, 0) is 14.8 Å². The van der Waals surface area contributed by atoms with Gasteiger partial charge in [0.1, 0.15) is 0 Å². The smallest absolute Gasteiger partial charge is 0.338 e. The summed E-state index contributed by atoms with van der Waals surface area (Å²) in [4.78, 5) is 22.5. The molecule has 0 spiro atoms. The van der Waals surface area contributed by atoms with Gasteiger partial charge in [-0.1, -0.05) is 0 Å². The first-order valence-electron chi connectivity index (χ1n) is 8.36. The maximum absolute atomic E-state index is 13.1. The lowest BCUT2D eigenvalue weighted by molar-refractivity contribution is -0.385. The second kappa shape index (κ2) is 9.45. The first-order chi connectivity index (χ1) is 12.2. The molecule has 1 aliphatic heterocycles. The van der Waals surface area contributed by atoms with Crippen molar-refractivity contribution in [2.45, 2.75) is 37.6 Å². The number of ether oxygens (including phenoxy) is 1. The predicted octanol–water partition coefficient (Wildman–Crippen LogP) is 1.87. The third kappa shape index (κ3) is 4.75. The molecule has 11 heteroatoms. The molecule has 2 rings (SSSR count). The third-order valence-electron chi connectivity index (χ3n) is 4.42. The van der Waals surface area contributed by atoms with E-state index in [-0.39, 0.29) is 41.1 Å². The number of halogens is 1. The minimum absolute atomic E-state index is 0. The van der Waals surface area contributed by atoms with Gasteiger partial charge in [-0.2, -0.15) is 4.31 Å². The van der Waals surface area contributed by atoms with Crippen molar-refractivity contribution in [2.24, 2.45) is 0 Å². The van der Waals surface area contributed by atoms with Crippen LogP contribution < -0.4 is 5.32 Å². The van der Waals surface area contributed by atoms with Gasteiger partial charge >= 0.3 is 5.97 Å². The number of carbonyl (C=O) groups excluding carboxylic acids is 1. The minimum atomic E-state index is -3.97. The monoisotopic (exact) mass is 421 g/mol. The molecule has 152 valence electrons. The Bertz CT molecular complexity index is 815. The molecule has 1 atom stereocenters. The van der Waals surface area contributed by atoms with Crippen LogP contribution in [-0.4, -0.2) is 56.4 Å². The average molecular weight is 422 g/mol. The fourth-order valence-corrected chi connectivity index (χ4v) is 4.87. The molecule has 0 saturated carbocycles. The number of likely N-dealkylation sites (N-methyl/N-ethyl adjacent to an activating group) is 1. The Kier molecular flexibility index (Phi) is 8.15. The quantitative estimate of drug-likeness (QED) is 0.405. The summed E-state index contributed by atoms with van der Waals surface area (Å²) < 4.78 is 32.4. The maximum Gasteiger partial charge on any atom is 0.338 e. The third-order valence-corrected chi connectivity index (χ3v) is 6.34. The van der Waals surface area contributed by atoms with Gasteiger partial charge in [0.05, 0.1) is 22.0 Å². The van der Waals surface area contributed by atoms with E-state index in [1.165, 1.54) is 17.3 Å². The van der Waals surface area contributed by atoms with Crippen LogP contribution in [0.3, 0.4) is 0 Å². The van der Waals surface area contributed by atoms with Crippen molar-refractivity contribution in [3.63, 3.8) is 0 Å². The van der Waals surface area contributed by atoms with Gasteiger partial charge in [-0.15, -0.1) is 12.4 Å². The zero-order valence-electron chi connectivity index (χ0n) is 15.4. The molecule has 1 aromatic rings. The maximum atomic E-state index is 13.1. The van der Waals surface area contributed by atoms with Crippen LogP contribution in [0.2, 0.25) is 0 Å². The first-order valence-corrected chi connectivity index (χ1v) is 9.80. The highest BCUT2D eigenvalue weighted by atomic mass is 35.5. The molecule has 27 heavy (non-hydrogen) atoms. The van der Waals surface area contributed by atoms with Gasteiger partial charge in [0.25, 0.3) is 5.69 Å². The van der Waals surface area contributed by atoms with E-state index in [4.69, 9.17) is 4.74 Å². The number of sulfonamides is 1. The number of nitro groups is 1. The SMILES string of the molecule is CCOC(=O)c1cc(S(=O)(=O)N2CCCC2CNC)cc([N+](=O)[O-])c1C.Cl. The molecule has 1 saturated heterocycles. The van der Waals surface area contributed by atoms with Crippen LogP contribution in [0.1, 0.15) is 35.7 Å². The number of hydrogen-bond acceptors (Lipinski definition) is 7. The van der Waals surface area contributed by atoms with Crippen LogP contribution in [0.4, 0.5) is 5.69 Å². The highest BCUT2D eigenvalue weighted by molar-refractivity contribution is 7.89. The average Bonchev–Trinajstić information content (AvgIpc) is 3.04. The van der Waals surface area contributed by atoms with E-state index in [0.717, 1.165) is 6.07 Å². The fraction of sp³-hybridized carbons (Fsp3) is 0.562. The summed E-state index contributed by atoms with van der Waals surface area (Å²) in [5.41, 5.74) is -0.442. The number of hydrogen-bond donors (Lipinski definition) is 1. The molecule has 1 heterocycles. The van der Waals surface area contributed by atoms with Crippen molar-refractivity contribution < 1.29 is 22.9 Å². The second-order valence-corrected chi connectivity index (χ2v) is 7.95. The molecule has 0 amide bonds. The lowest BCUT2D eigenvalue weighted by Crippen LogP contribution is -2.40. The van der Waals surface area contributed by atoms with Crippen molar-refractivity contribution >= 4 is 34.1 Å². The topological polar surface area (TPSA) is 119 Å². The van der Waals surface area contributed by atoms with Gasteiger partial charge in [0, 0.05) is 30.8 Å². The van der Waals surface area contributed by atoms with E-state index >= 15 is 0 Å². The number of nitrogens with one attached hydrogen (secondary N) is 1. The normalized spacial score (nSPS) is 17.4. The summed E-state index contributed by atoms with van der Waals surface area (Å²) in [6.45, 7) is 3.91. The Labute approximate surface area is 164 Å². The van der Waals surface area contributed by atoms with Gasteiger partial charge in [-0.3, -0.25) is 10.1 Å². The number of nitrogens with zero attached hydrogens (tertiary/aromatic N) is 2. The van der Waals surface area contributed by atoms with Crippen LogP contribution >= 0.6 is 12.4 Å². The predicted molar refractivity (Wildman–Crippen MR) is 102 cm³/mol. The van der Waals surface area contributed by atoms with E-state index in [2.05, 4.69) is 5.32 Å². The van der Waals surface area contributed by atoms with E-state index in [1.807, 2.05) is 0 Å². The Morgan fingerprint density at radius 2 is 2.11 bits per heavy atom. The first kappa shape index (κ1) is 23.3. The molecular formula is C16H24ClN3O6S. The molecule has 1 N–H and O–H groups in total. The van der Waals surface area contributed by atoms with E-state index in [0.29, 0.717) is 25.9 Å². The number of nitro benzene ring substituents is 1. The molecule has 0 bridgehead atoms. The number of carbonyl (C=O) groups is 1. The lowest BCUT2D eigenvalue weighted by atomic mass is 10.1. The Balaban J connectivity index is 0.00000364. The molecule has 1 fully saturated rings. The van der Waals surface area contributed by atoms with Gasteiger partial charge in [0.15, 0.2) is 0 Å². The van der Waals surface area contributed by atoms with E-state index in [1.54, 1.807) is 14.0 Å². The summed E-state index contributed by atoms with van der Waals surface area (Å²) in [5, 5.41) is 14.3. The van der Waals surface area contributed by atoms with Crippen molar-refractivity contribution in [2.75, 3.05) is 26.7 Å². The summed E-state index contributed by atoms with van der Waals surface area (Å²) in [6, 6.07) is 1.96. The standard InChI is InChI=1S/C16H23N3O6S.ClH/c1-4-25-16(20)14-8-13(9-15(11(14)2)19(21)22)26(23,24)18-7-5-6-12(18)10-17-3;/h8-9,12,17H,4-7,10H2,1-3H3;1H. The summed E-state index contributed by atoms with van der Waals surface area (Å²) >= 11 is 0. The summed E-state index contributed by atoms with van der Waals surface area (Å²) in [7, 11) is -2.24. The molecule has 0 radical (unpaired) electrons. The van der Waals surface area contributed by atoms with Crippen molar-refractivity contribution in [3.8, 4) is 0 Å². The largest absolute Gasteiger partial charge is 0.462 e. The van der Waals surface area contributed by atoms with Crippen LogP contribution in [0.5, 0.6) is 0 Å². The van der Waals surface area contributed by atoms with Crippen molar-refractivity contribution in [1.29, 1.82) is 0 Å². The Hall–Kier alpha value is -1.75. The van der Waals surface area contributed by atoms with Crippen LogP contribution in [0.25, 0.3) is 0 Å². The van der Waals surface area contributed by atoms with E-state index < -0.39 is 26.6 Å². The van der Waals surface area contributed by atoms with Crippen LogP contribution in [0, 0.1) is 17.0 Å². The van der Waals surface area contributed by atoms with Gasteiger partial charge in [-0.05, 0) is 39.8 Å². The highest BCUT2D eigenvalue weighted by Crippen LogP contribution is 2.31. The minimum Gasteiger partial charge on any atom is -0.462 e. The molecular weight excluding hydrogens is 398 g/mol. The summed E-state index contributed by atoms with van der Waals surface area (Å²) in [5.74, 6) is -0.779. The van der Waals surface area contributed by atoms with Gasteiger partial charge < -0.3 is 10.1 Å². The van der Waals surface area contributed by atoms with Gasteiger partial charge in [-0.25, -0.2) is 13.2 Å². The van der Waals surface area contributed by atoms with Gasteiger partial charge in [0.2, 0.25) is 10.0 Å². The van der Waals surface area contributed by atoms with Crippen LogP contribution in [0.15, 0.2) is 17.0 Å². The molecule has 1 aromatic carbocycles. The zero-order valence-corrected chi connectivity index (χ0v) is 17.1. The summed E-state index contributed by atoms with van der Waals surface area (Å²) in [6.07, 6.45) is 1.42. The molecule has 0 aliphatic carbocycles. The lowest BCUT2D eigenvalue weighted by Gasteiger charge is -2.24. The number of rotatable bonds is 7. The molecule has 0 aromatic heterocycles. The number of benzene rings is 1. The van der Waals surface area contributed by atoms with Crippen molar-refractivity contribution in [3.05, 3.63) is 33.4 Å². The van der Waals surface area contributed by atoms with Crippen molar-refractivity contribution in [1.82, 2.24) is 9.62 Å². The highest BCUT2D eigenvalue weighted by Gasteiger charge is 2.36. The Morgan fingerprint density at radius 3 is 2.67 bits per heavy atom. The fourth-order valence-electron chi connectivity index (χ4n) is 3.13. The molecule has 9 nitrogen and oxygen atoms in total. The Morgan fingerprint density at radius 1 is 1.44 bits per heavy atom. The van der Waals surface area contributed by atoms with E-state index in [9.17, 15) is 23.3 Å². The molecule has 1 aliphatic rings. The molecule has 1 unspecified atom stereocenters. The second-order valence-electron chi connectivity index (χ2n) is 6.06. The zero-order chi connectivity index (χ0) is 19.5. The number of esters is 1.